The molecule has 0 aliphatic carbocycles. The van der Waals surface area contributed by atoms with Crippen molar-refractivity contribution >= 4 is 45.8 Å². The normalized spacial score (nSPS) is 16.6. The van der Waals surface area contributed by atoms with Crippen molar-refractivity contribution in [2.75, 3.05) is 16.8 Å². The summed E-state index contributed by atoms with van der Waals surface area (Å²) in [5.74, 6) is -0.0452. The first-order chi connectivity index (χ1) is 13.1. The molecular formula is C20H17ClN4O2. The van der Waals surface area contributed by atoms with Gasteiger partial charge in [-0.3, -0.25) is 9.78 Å². The molecule has 4 rings (SSSR count). The first-order valence-corrected chi connectivity index (χ1v) is 8.96. The third-order valence-electron chi connectivity index (χ3n) is 4.48. The van der Waals surface area contributed by atoms with Crippen molar-refractivity contribution in [2.45, 2.75) is 12.5 Å². The van der Waals surface area contributed by atoms with E-state index >= 15 is 0 Å². The molecule has 1 aliphatic heterocycles. The van der Waals surface area contributed by atoms with Crippen molar-refractivity contribution < 1.29 is 9.59 Å². The highest BCUT2D eigenvalue weighted by molar-refractivity contribution is 6.33. The molecule has 3 amide bonds. The standard InChI is InChI=1S/C20H17ClN4O2/c21-15-7-1-2-8-16(15)24-20(27)23-14-11-18(26)25(12-14)17-9-3-5-13-6-4-10-22-19(13)17/h1-10,14H,11-12H2,(H2,23,24,27). The summed E-state index contributed by atoms with van der Waals surface area (Å²) in [6.45, 7) is 0.393. The van der Waals surface area contributed by atoms with Crippen LogP contribution in [0, 0.1) is 0 Å². The Labute approximate surface area is 161 Å². The van der Waals surface area contributed by atoms with Crippen molar-refractivity contribution in [1.82, 2.24) is 10.3 Å². The molecule has 0 spiro atoms. The number of para-hydroxylation sites is 2. The van der Waals surface area contributed by atoms with E-state index in [1.165, 1.54) is 0 Å². The van der Waals surface area contributed by atoms with Gasteiger partial charge in [0.05, 0.1) is 28.0 Å². The van der Waals surface area contributed by atoms with E-state index in [0.29, 0.717) is 17.3 Å². The summed E-state index contributed by atoms with van der Waals surface area (Å²) in [6.07, 6.45) is 1.94. The van der Waals surface area contributed by atoms with Gasteiger partial charge in [-0.1, -0.05) is 41.9 Å². The van der Waals surface area contributed by atoms with Gasteiger partial charge in [-0.2, -0.15) is 0 Å². The lowest BCUT2D eigenvalue weighted by atomic mass is 10.2. The van der Waals surface area contributed by atoms with E-state index in [4.69, 9.17) is 11.6 Å². The number of halogens is 1. The molecule has 1 unspecified atom stereocenters. The smallest absolute Gasteiger partial charge is 0.319 e. The van der Waals surface area contributed by atoms with E-state index in [0.717, 1.165) is 16.6 Å². The molecule has 27 heavy (non-hydrogen) atoms. The minimum Gasteiger partial charge on any atom is -0.333 e. The Morgan fingerprint density at radius 1 is 1.11 bits per heavy atom. The van der Waals surface area contributed by atoms with E-state index in [9.17, 15) is 9.59 Å². The summed E-state index contributed by atoms with van der Waals surface area (Å²) in [7, 11) is 0. The van der Waals surface area contributed by atoms with Gasteiger partial charge in [0, 0.05) is 24.5 Å². The van der Waals surface area contributed by atoms with Crippen LogP contribution < -0.4 is 15.5 Å². The zero-order chi connectivity index (χ0) is 18.8. The predicted octanol–water partition coefficient (Wildman–Crippen LogP) is 3.82. The van der Waals surface area contributed by atoms with Crippen LogP contribution in [0.25, 0.3) is 10.9 Å². The minimum atomic E-state index is -0.390. The van der Waals surface area contributed by atoms with Crippen LogP contribution in [0.5, 0.6) is 0 Å². The molecule has 2 N–H and O–H groups in total. The minimum absolute atomic E-state index is 0.0452. The van der Waals surface area contributed by atoms with E-state index < -0.39 is 6.03 Å². The van der Waals surface area contributed by atoms with Crippen LogP contribution in [0.4, 0.5) is 16.2 Å². The van der Waals surface area contributed by atoms with Crippen LogP contribution in [0.3, 0.4) is 0 Å². The number of amides is 3. The van der Waals surface area contributed by atoms with Crippen molar-refractivity contribution in [1.29, 1.82) is 0 Å². The van der Waals surface area contributed by atoms with Gasteiger partial charge >= 0.3 is 6.03 Å². The largest absolute Gasteiger partial charge is 0.333 e. The summed E-state index contributed by atoms with van der Waals surface area (Å²) >= 11 is 6.06. The number of carbonyl (C=O) groups excluding carboxylic acids is 2. The lowest BCUT2D eigenvalue weighted by Crippen LogP contribution is -2.39. The maximum absolute atomic E-state index is 12.5. The number of pyridine rings is 1. The number of benzene rings is 2. The molecule has 136 valence electrons. The van der Waals surface area contributed by atoms with E-state index in [1.54, 1.807) is 35.4 Å². The summed E-state index contributed by atoms with van der Waals surface area (Å²) in [5, 5.41) is 6.98. The molecule has 0 radical (unpaired) electrons. The monoisotopic (exact) mass is 380 g/mol. The fourth-order valence-corrected chi connectivity index (χ4v) is 3.43. The second-order valence-corrected chi connectivity index (χ2v) is 6.74. The molecule has 1 aromatic heterocycles. The highest BCUT2D eigenvalue weighted by Crippen LogP contribution is 2.28. The number of nitrogens with one attached hydrogen (secondary N) is 2. The number of fused-ring (bicyclic) bond motifs is 1. The SMILES string of the molecule is O=C(Nc1ccccc1Cl)NC1CC(=O)N(c2cccc3cccnc23)C1. The maximum atomic E-state index is 12.5. The number of anilines is 2. The lowest BCUT2D eigenvalue weighted by molar-refractivity contribution is -0.117. The number of aromatic nitrogens is 1. The van der Waals surface area contributed by atoms with Crippen molar-refractivity contribution in [3.05, 3.63) is 65.8 Å². The van der Waals surface area contributed by atoms with Gasteiger partial charge in [-0.05, 0) is 24.3 Å². The number of nitrogens with zero attached hydrogens (tertiary/aromatic N) is 2. The van der Waals surface area contributed by atoms with Crippen LogP contribution in [0.2, 0.25) is 5.02 Å². The van der Waals surface area contributed by atoms with Crippen molar-refractivity contribution in [3.8, 4) is 0 Å². The van der Waals surface area contributed by atoms with Gasteiger partial charge in [-0.15, -0.1) is 0 Å². The average molecular weight is 381 g/mol. The van der Waals surface area contributed by atoms with Crippen LogP contribution in [-0.2, 0) is 4.79 Å². The van der Waals surface area contributed by atoms with Crippen molar-refractivity contribution in [2.24, 2.45) is 0 Å². The summed E-state index contributed by atoms with van der Waals surface area (Å²) in [6, 6.07) is 15.9. The molecule has 3 aromatic rings. The zero-order valence-electron chi connectivity index (χ0n) is 14.4. The summed E-state index contributed by atoms with van der Waals surface area (Å²) < 4.78 is 0. The van der Waals surface area contributed by atoms with Gasteiger partial charge in [0.1, 0.15) is 0 Å². The number of urea groups is 1. The van der Waals surface area contributed by atoms with Crippen LogP contribution in [0.1, 0.15) is 6.42 Å². The third kappa shape index (κ3) is 3.57. The molecule has 0 saturated carbocycles. The number of rotatable bonds is 3. The average Bonchev–Trinajstić information content (AvgIpc) is 3.03. The van der Waals surface area contributed by atoms with Gasteiger partial charge < -0.3 is 15.5 Å². The molecule has 1 aliphatic rings. The summed E-state index contributed by atoms with van der Waals surface area (Å²) in [4.78, 5) is 30.9. The highest BCUT2D eigenvalue weighted by Gasteiger charge is 2.32. The zero-order valence-corrected chi connectivity index (χ0v) is 15.1. The summed E-state index contributed by atoms with van der Waals surface area (Å²) in [5.41, 5.74) is 2.06. The first kappa shape index (κ1) is 17.3. The Hall–Kier alpha value is -3.12. The van der Waals surface area contributed by atoms with E-state index in [1.807, 2.05) is 30.3 Å². The Bertz CT molecular complexity index is 1020. The number of carbonyl (C=O) groups is 2. The Balaban J connectivity index is 1.48. The molecule has 6 nitrogen and oxygen atoms in total. The second kappa shape index (κ2) is 7.25. The molecule has 1 fully saturated rings. The molecule has 2 aromatic carbocycles. The maximum Gasteiger partial charge on any atom is 0.319 e. The predicted molar refractivity (Wildman–Crippen MR) is 106 cm³/mol. The molecule has 1 atom stereocenters. The fourth-order valence-electron chi connectivity index (χ4n) is 3.25. The van der Waals surface area contributed by atoms with Gasteiger partial charge in [0.15, 0.2) is 0 Å². The van der Waals surface area contributed by atoms with E-state index in [-0.39, 0.29) is 18.4 Å². The number of hydrogen-bond donors (Lipinski definition) is 2. The first-order valence-electron chi connectivity index (χ1n) is 8.58. The van der Waals surface area contributed by atoms with Crippen LogP contribution in [0.15, 0.2) is 60.8 Å². The Morgan fingerprint density at radius 3 is 2.78 bits per heavy atom. The second-order valence-electron chi connectivity index (χ2n) is 6.34. The molecule has 2 heterocycles. The highest BCUT2D eigenvalue weighted by atomic mass is 35.5. The molecule has 1 saturated heterocycles. The Morgan fingerprint density at radius 2 is 1.93 bits per heavy atom. The molecule has 7 heteroatoms. The van der Waals surface area contributed by atoms with Gasteiger partial charge in [0.2, 0.25) is 5.91 Å². The number of hydrogen-bond acceptors (Lipinski definition) is 3. The molecule has 0 bridgehead atoms. The van der Waals surface area contributed by atoms with Crippen LogP contribution >= 0.6 is 11.6 Å². The molecular weight excluding hydrogens is 364 g/mol. The van der Waals surface area contributed by atoms with Gasteiger partial charge in [0.25, 0.3) is 0 Å². The lowest BCUT2D eigenvalue weighted by Gasteiger charge is -2.19. The van der Waals surface area contributed by atoms with Crippen LogP contribution in [-0.4, -0.2) is 29.5 Å². The van der Waals surface area contributed by atoms with E-state index in [2.05, 4.69) is 15.6 Å². The van der Waals surface area contributed by atoms with Gasteiger partial charge in [-0.25, -0.2) is 4.79 Å². The Kier molecular flexibility index (Phi) is 4.64. The third-order valence-corrected chi connectivity index (χ3v) is 4.81. The topological polar surface area (TPSA) is 74.3 Å². The van der Waals surface area contributed by atoms with Crippen molar-refractivity contribution in [3.63, 3.8) is 0 Å². The fraction of sp³-hybridized carbons (Fsp3) is 0.150. The quantitative estimate of drug-likeness (QED) is 0.725.